The quantitative estimate of drug-likeness (QED) is 0.828. The standard InChI is InChI=1S/C17H22F3N3O2/c18-17(19,20)14-4-3-5-15(22-6-1-2-7-22)13(14)12-21-8-10-23(11-9-21)16(24)25/h3-5H,1-2,6-12H2,(H,24,25)/p-1. The maximum Gasteiger partial charge on any atom is 0.416 e. The first kappa shape index (κ1) is 17.8. The van der Waals surface area contributed by atoms with E-state index in [4.69, 9.17) is 0 Å². The molecule has 2 fully saturated rings. The fourth-order valence-electron chi connectivity index (χ4n) is 3.57. The Hall–Kier alpha value is -1.96. The first-order valence-electron chi connectivity index (χ1n) is 8.48. The second-order valence-corrected chi connectivity index (χ2v) is 6.52. The molecule has 0 bridgehead atoms. The van der Waals surface area contributed by atoms with Gasteiger partial charge in [0, 0.05) is 57.1 Å². The number of halogens is 3. The van der Waals surface area contributed by atoms with E-state index in [1.807, 2.05) is 9.80 Å². The number of carboxylic acid groups (broad SMARTS) is 1. The third-order valence-corrected chi connectivity index (χ3v) is 4.92. The molecule has 0 aliphatic carbocycles. The van der Waals surface area contributed by atoms with Crippen molar-refractivity contribution < 1.29 is 23.1 Å². The fourth-order valence-corrected chi connectivity index (χ4v) is 3.57. The molecule has 2 heterocycles. The summed E-state index contributed by atoms with van der Waals surface area (Å²) in [4.78, 5) is 16.0. The highest BCUT2D eigenvalue weighted by Crippen LogP contribution is 2.38. The first-order valence-corrected chi connectivity index (χ1v) is 8.48. The van der Waals surface area contributed by atoms with Crippen molar-refractivity contribution in [2.75, 3.05) is 44.2 Å². The topological polar surface area (TPSA) is 49.9 Å². The summed E-state index contributed by atoms with van der Waals surface area (Å²) in [7, 11) is 0. The van der Waals surface area contributed by atoms with Crippen LogP contribution in [-0.4, -0.2) is 55.2 Å². The van der Waals surface area contributed by atoms with Crippen LogP contribution < -0.4 is 10.0 Å². The number of carbonyl (C=O) groups is 1. The molecule has 0 saturated carbocycles. The van der Waals surface area contributed by atoms with Gasteiger partial charge in [0.2, 0.25) is 0 Å². The van der Waals surface area contributed by atoms with Crippen molar-refractivity contribution in [2.24, 2.45) is 0 Å². The smallest absolute Gasteiger partial charge is 0.416 e. The number of alkyl halides is 3. The molecule has 5 nitrogen and oxygen atoms in total. The zero-order chi connectivity index (χ0) is 18.0. The van der Waals surface area contributed by atoms with E-state index in [-0.39, 0.29) is 19.6 Å². The van der Waals surface area contributed by atoms with Crippen LogP contribution in [0.4, 0.5) is 23.7 Å². The van der Waals surface area contributed by atoms with E-state index in [2.05, 4.69) is 0 Å². The number of amides is 1. The van der Waals surface area contributed by atoms with Gasteiger partial charge >= 0.3 is 6.18 Å². The molecule has 1 aromatic carbocycles. The molecule has 1 amide bonds. The third-order valence-electron chi connectivity index (χ3n) is 4.92. The predicted molar refractivity (Wildman–Crippen MR) is 85.1 cm³/mol. The van der Waals surface area contributed by atoms with Gasteiger partial charge in [-0.1, -0.05) is 6.07 Å². The van der Waals surface area contributed by atoms with E-state index in [1.165, 1.54) is 11.0 Å². The van der Waals surface area contributed by atoms with Crippen LogP contribution in [0.5, 0.6) is 0 Å². The Morgan fingerprint density at radius 1 is 1.04 bits per heavy atom. The molecule has 0 spiro atoms. The van der Waals surface area contributed by atoms with Gasteiger partial charge in [0.1, 0.15) is 6.09 Å². The first-order chi connectivity index (χ1) is 11.9. The molecule has 2 aliphatic heterocycles. The molecule has 2 saturated heterocycles. The molecular weight excluding hydrogens is 335 g/mol. The van der Waals surface area contributed by atoms with Gasteiger partial charge in [-0.25, -0.2) is 0 Å². The largest absolute Gasteiger partial charge is 0.530 e. The van der Waals surface area contributed by atoms with Gasteiger partial charge in [-0.15, -0.1) is 0 Å². The van der Waals surface area contributed by atoms with Crippen LogP contribution in [0, 0.1) is 0 Å². The van der Waals surface area contributed by atoms with Gasteiger partial charge in [0.25, 0.3) is 0 Å². The van der Waals surface area contributed by atoms with Crippen LogP contribution >= 0.6 is 0 Å². The van der Waals surface area contributed by atoms with Gasteiger partial charge in [0.15, 0.2) is 0 Å². The van der Waals surface area contributed by atoms with Gasteiger partial charge in [0.05, 0.1) is 5.56 Å². The molecule has 2 aliphatic rings. The Bertz CT molecular complexity index is 622. The maximum atomic E-state index is 13.5. The average molecular weight is 356 g/mol. The Morgan fingerprint density at radius 2 is 1.68 bits per heavy atom. The normalized spacial score (nSPS) is 19.5. The van der Waals surface area contributed by atoms with Crippen LogP contribution in [0.3, 0.4) is 0 Å². The number of anilines is 1. The Balaban J connectivity index is 1.84. The predicted octanol–water partition coefficient (Wildman–Crippen LogP) is 1.77. The zero-order valence-electron chi connectivity index (χ0n) is 13.9. The van der Waals surface area contributed by atoms with E-state index < -0.39 is 17.8 Å². The molecule has 0 atom stereocenters. The second-order valence-electron chi connectivity index (χ2n) is 6.52. The number of piperazine rings is 1. The number of hydrogen-bond donors (Lipinski definition) is 0. The van der Waals surface area contributed by atoms with Gasteiger partial charge in [-0.2, -0.15) is 13.2 Å². The van der Waals surface area contributed by atoms with Crippen LogP contribution in [0.15, 0.2) is 18.2 Å². The summed E-state index contributed by atoms with van der Waals surface area (Å²) in [6.07, 6.45) is -3.66. The van der Waals surface area contributed by atoms with Crippen molar-refractivity contribution in [1.82, 2.24) is 9.80 Å². The molecular formula is C17H21F3N3O2-. The monoisotopic (exact) mass is 356 g/mol. The average Bonchev–Trinajstić information content (AvgIpc) is 3.09. The van der Waals surface area contributed by atoms with Crippen molar-refractivity contribution in [3.05, 3.63) is 29.3 Å². The number of rotatable bonds is 3. The minimum atomic E-state index is -4.40. The molecule has 8 heteroatoms. The second kappa shape index (κ2) is 7.11. The van der Waals surface area contributed by atoms with Crippen molar-refractivity contribution in [3.8, 4) is 0 Å². The highest BCUT2D eigenvalue weighted by atomic mass is 19.4. The molecule has 0 N–H and O–H groups in total. The lowest BCUT2D eigenvalue weighted by atomic mass is 10.0. The minimum Gasteiger partial charge on any atom is -0.530 e. The number of hydrogen-bond acceptors (Lipinski definition) is 4. The van der Waals surface area contributed by atoms with Gasteiger partial charge in [-0.3, -0.25) is 4.90 Å². The Morgan fingerprint density at radius 3 is 2.24 bits per heavy atom. The SMILES string of the molecule is O=C([O-])N1CCN(Cc2c(N3CCCC3)cccc2C(F)(F)F)CC1. The van der Waals surface area contributed by atoms with E-state index in [1.54, 1.807) is 6.07 Å². The lowest BCUT2D eigenvalue weighted by Crippen LogP contribution is -2.52. The summed E-state index contributed by atoms with van der Waals surface area (Å²) in [5.41, 5.74) is 0.340. The van der Waals surface area contributed by atoms with Crippen molar-refractivity contribution in [3.63, 3.8) is 0 Å². The van der Waals surface area contributed by atoms with Crippen LogP contribution in [0.2, 0.25) is 0 Å². The minimum absolute atomic E-state index is 0.169. The molecule has 0 aromatic heterocycles. The number of nitrogens with zero attached hydrogens (tertiary/aromatic N) is 3. The fraction of sp³-hybridized carbons (Fsp3) is 0.588. The number of carbonyl (C=O) groups excluding carboxylic acids is 1. The highest BCUT2D eigenvalue weighted by Gasteiger charge is 2.35. The maximum absolute atomic E-state index is 13.5. The van der Waals surface area contributed by atoms with Gasteiger partial charge in [-0.05, 0) is 25.0 Å². The Labute approximate surface area is 144 Å². The molecule has 1 aromatic rings. The molecule has 25 heavy (non-hydrogen) atoms. The summed E-state index contributed by atoms with van der Waals surface area (Å²) < 4.78 is 40.5. The zero-order valence-corrected chi connectivity index (χ0v) is 13.9. The lowest BCUT2D eigenvalue weighted by molar-refractivity contribution is -0.266. The van der Waals surface area contributed by atoms with E-state index in [0.717, 1.165) is 32.0 Å². The molecule has 0 unspecified atom stereocenters. The summed E-state index contributed by atoms with van der Waals surface area (Å²) >= 11 is 0. The summed E-state index contributed by atoms with van der Waals surface area (Å²) in [6.45, 7) is 3.03. The van der Waals surface area contributed by atoms with E-state index in [0.29, 0.717) is 24.3 Å². The van der Waals surface area contributed by atoms with Crippen LogP contribution in [0.1, 0.15) is 24.0 Å². The van der Waals surface area contributed by atoms with Crippen LogP contribution in [0.25, 0.3) is 0 Å². The number of benzene rings is 1. The summed E-state index contributed by atoms with van der Waals surface area (Å²) in [5, 5.41) is 10.9. The van der Waals surface area contributed by atoms with E-state index >= 15 is 0 Å². The Kier molecular flexibility index (Phi) is 5.08. The third kappa shape index (κ3) is 4.00. The molecule has 138 valence electrons. The van der Waals surface area contributed by atoms with Crippen molar-refractivity contribution in [1.29, 1.82) is 0 Å². The van der Waals surface area contributed by atoms with Crippen LogP contribution in [-0.2, 0) is 12.7 Å². The lowest BCUT2D eigenvalue weighted by Gasteiger charge is -2.37. The van der Waals surface area contributed by atoms with Crippen molar-refractivity contribution in [2.45, 2.75) is 25.6 Å². The highest BCUT2D eigenvalue weighted by molar-refractivity contribution is 5.62. The van der Waals surface area contributed by atoms with Crippen molar-refractivity contribution >= 4 is 11.8 Å². The molecule has 3 rings (SSSR count). The molecule has 0 radical (unpaired) electrons. The summed E-state index contributed by atoms with van der Waals surface area (Å²) in [5.74, 6) is 0. The van der Waals surface area contributed by atoms with E-state index in [9.17, 15) is 23.1 Å². The summed E-state index contributed by atoms with van der Waals surface area (Å²) in [6, 6.07) is 4.35. The van der Waals surface area contributed by atoms with Gasteiger partial charge < -0.3 is 19.7 Å².